The lowest BCUT2D eigenvalue weighted by Gasteiger charge is -2.18. The van der Waals surface area contributed by atoms with Gasteiger partial charge in [0.1, 0.15) is 0 Å². The highest BCUT2D eigenvalue weighted by Crippen LogP contribution is 2.08. The molecule has 0 aliphatic rings. The molecule has 4 nitrogen and oxygen atoms in total. The highest BCUT2D eigenvalue weighted by molar-refractivity contribution is 5.79. The largest absolute Gasteiger partial charge is 0.502 e. The van der Waals surface area contributed by atoms with Crippen molar-refractivity contribution in [3.05, 3.63) is 12.8 Å². The zero-order valence-electron chi connectivity index (χ0n) is 9.66. The molecule has 0 saturated heterocycles. The second-order valence-electron chi connectivity index (χ2n) is 3.77. The van der Waals surface area contributed by atoms with E-state index in [2.05, 4.69) is 11.9 Å². The number of carbonyl (C=O) groups is 1. The van der Waals surface area contributed by atoms with Crippen molar-refractivity contribution in [2.45, 2.75) is 20.3 Å². The summed E-state index contributed by atoms with van der Waals surface area (Å²) in [5.41, 5.74) is 5.53. The Morgan fingerprint density at radius 1 is 1.60 bits per heavy atom. The molecule has 0 radical (unpaired) electrons. The molecule has 88 valence electrons. The number of rotatable bonds is 8. The van der Waals surface area contributed by atoms with Gasteiger partial charge in [-0.2, -0.15) is 0 Å². The third kappa shape index (κ3) is 6.12. The fourth-order valence-electron chi connectivity index (χ4n) is 1.26. The van der Waals surface area contributed by atoms with Gasteiger partial charge in [-0.25, -0.2) is 0 Å². The third-order valence-corrected chi connectivity index (χ3v) is 2.25. The Morgan fingerprint density at radius 2 is 2.27 bits per heavy atom. The number of nitrogens with two attached hydrogens (primary N) is 1. The minimum Gasteiger partial charge on any atom is -0.502 e. The predicted molar refractivity (Wildman–Crippen MR) is 61.2 cm³/mol. The molecule has 0 aliphatic carbocycles. The monoisotopic (exact) mass is 214 g/mol. The molecule has 0 aromatic rings. The molecule has 0 aromatic carbocycles. The number of hydrogen-bond donors (Lipinski definition) is 2. The number of ether oxygens (including phenoxy) is 1. The molecule has 0 spiro atoms. The highest BCUT2D eigenvalue weighted by Gasteiger charge is 2.19. The number of nitrogens with one attached hydrogen (secondary N) is 1. The van der Waals surface area contributed by atoms with E-state index in [-0.39, 0.29) is 17.7 Å². The van der Waals surface area contributed by atoms with Crippen molar-refractivity contribution in [1.29, 1.82) is 0 Å². The molecule has 0 rings (SSSR count). The van der Waals surface area contributed by atoms with E-state index in [4.69, 9.17) is 10.5 Å². The van der Waals surface area contributed by atoms with Crippen LogP contribution in [0.3, 0.4) is 0 Å². The molecular formula is C11H22N2O2. The van der Waals surface area contributed by atoms with Crippen LogP contribution in [0.2, 0.25) is 0 Å². The van der Waals surface area contributed by atoms with Crippen LogP contribution in [0, 0.1) is 11.8 Å². The van der Waals surface area contributed by atoms with Crippen LogP contribution in [0.4, 0.5) is 0 Å². The third-order valence-electron chi connectivity index (χ3n) is 2.25. The van der Waals surface area contributed by atoms with Gasteiger partial charge in [0.25, 0.3) is 0 Å². The molecule has 0 aromatic heterocycles. The van der Waals surface area contributed by atoms with Gasteiger partial charge in [-0.1, -0.05) is 20.4 Å². The summed E-state index contributed by atoms with van der Waals surface area (Å²) in [6.45, 7) is 9.03. The van der Waals surface area contributed by atoms with Gasteiger partial charge in [0.2, 0.25) is 5.91 Å². The van der Waals surface area contributed by atoms with Crippen molar-refractivity contribution in [2.24, 2.45) is 17.6 Å². The van der Waals surface area contributed by atoms with Crippen molar-refractivity contribution in [1.82, 2.24) is 5.32 Å². The van der Waals surface area contributed by atoms with E-state index in [0.29, 0.717) is 19.7 Å². The lowest BCUT2D eigenvalue weighted by molar-refractivity contribution is -0.125. The molecule has 1 unspecified atom stereocenters. The van der Waals surface area contributed by atoms with Gasteiger partial charge in [-0.3, -0.25) is 4.79 Å². The van der Waals surface area contributed by atoms with E-state index >= 15 is 0 Å². The molecule has 0 saturated carbocycles. The Labute approximate surface area is 91.9 Å². The van der Waals surface area contributed by atoms with E-state index in [1.165, 1.54) is 6.26 Å². The Bertz CT molecular complexity index is 193. The summed E-state index contributed by atoms with van der Waals surface area (Å²) < 4.78 is 4.94. The fourth-order valence-corrected chi connectivity index (χ4v) is 1.26. The van der Waals surface area contributed by atoms with Crippen LogP contribution < -0.4 is 11.1 Å². The summed E-state index contributed by atoms with van der Waals surface area (Å²) in [6.07, 6.45) is 2.19. The lowest BCUT2D eigenvalue weighted by atomic mass is 9.95. The predicted octanol–water partition coefficient (Wildman–Crippen LogP) is 0.884. The standard InChI is InChI=1S/C11H22N2O2/c1-4-15-7-5-6-13-11(14)10(8-12)9(2)3/h4,9-10H,1,5-8,12H2,2-3H3,(H,13,14). The first kappa shape index (κ1) is 14.0. The molecule has 15 heavy (non-hydrogen) atoms. The van der Waals surface area contributed by atoms with Crippen molar-refractivity contribution < 1.29 is 9.53 Å². The van der Waals surface area contributed by atoms with Crippen LogP contribution in [-0.4, -0.2) is 25.6 Å². The molecule has 4 heteroatoms. The maximum atomic E-state index is 11.6. The molecule has 0 bridgehead atoms. The van der Waals surface area contributed by atoms with Crippen molar-refractivity contribution in [3.8, 4) is 0 Å². The quantitative estimate of drug-likeness (QED) is 0.466. The van der Waals surface area contributed by atoms with Gasteiger partial charge in [-0.15, -0.1) is 0 Å². The van der Waals surface area contributed by atoms with Crippen LogP contribution >= 0.6 is 0 Å². The van der Waals surface area contributed by atoms with Gasteiger partial charge in [-0.05, 0) is 12.3 Å². The van der Waals surface area contributed by atoms with Crippen LogP contribution in [-0.2, 0) is 9.53 Å². The molecule has 0 aliphatic heterocycles. The summed E-state index contributed by atoms with van der Waals surface area (Å²) in [6, 6.07) is 0. The summed E-state index contributed by atoms with van der Waals surface area (Å²) in [5, 5.41) is 2.84. The Balaban J connectivity index is 3.67. The smallest absolute Gasteiger partial charge is 0.224 e. The van der Waals surface area contributed by atoms with E-state index in [0.717, 1.165) is 6.42 Å². The maximum absolute atomic E-state index is 11.6. The van der Waals surface area contributed by atoms with Crippen molar-refractivity contribution >= 4 is 5.91 Å². The zero-order valence-corrected chi connectivity index (χ0v) is 9.66. The number of amides is 1. The SMILES string of the molecule is C=COCCCNC(=O)C(CN)C(C)C. The summed E-state index contributed by atoms with van der Waals surface area (Å²) >= 11 is 0. The minimum absolute atomic E-state index is 0.0334. The fraction of sp³-hybridized carbons (Fsp3) is 0.727. The highest BCUT2D eigenvalue weighted by atomic mass is 16.5. The lowest BCUT2D eigenvalue weighted by Crippen LogP contribution is -2.38. The van der Waals surface area contributed by atoms with Gasteiger partial charge in [0.05, 0.1) is 18.8 Å². The molecule has 1 atom stereocenters. The Hall–Kier alpha value is -1.03. The topological polar surface area (TPSA) is 64.3 Å². The minimum atomic E-state index is -0.0923. The first-order chi connectivity index (χ1) is 7.13. The average molecular weight is 214 g/mol. The molecule has 0 heterocycles. The van der Waals surface area contributed by atoms with Crippen molar-refractivity contribution in [2.75, 3.05) is 19.7 Å². The Morgan fingerprint density at radius 3 is 2.73 bits per heavy atom. The molecule has 1 amide bonds. The molecule has 0 fully saturated rings. The maximum Gasteiger partial charge on any atom is 0.224 e. The second-order valence-corrected chi connectivity index (χ2v) is 3.77. The van der Waals surface area contributed by atoms with Gasteiger partial charge in [0, 0.05) is 13.1 Å². The zero-order chi connectivity index (χ0) is 11.7. The average Bonchev–Trinajstić information content (AvgIpc) is 2.18. The first-order valence-electron chi connectivity index (χ1n) is 5.33. The van der Waals surface area contributed by atoms with E-state index in [9.17, 15) is 4.79 Å². The van der Waals surface area contributed by atoms with E-state index in [1.807, 2.05) is 13.8 Å². The van der Waals surface area contributed by atoms with Crippen LogP contribution in [0.1, 0.15) is 20.3 Å². The van der Waals surface area contributed by atoms with Gasteiger partial charge in [0.15, 0.2) is 0 Å². The van der Waals surface area contributed by atoms with Crippen LogP contribution in [0.5, 0.6) is 0 Å². The van der Waals surface area contributed by atoms with E-state index in [1.54, 1.807) is 0 Å². The van der Waals surface area contributed by atoms with Crippen molar-refractivity contribution in [3.63, 3.8) is 0 Å². The second kappa shape index (κ2) is 8.29. The normalized spacial score (nSPS) is 12.3. The molecular weight excluding hydrogens is 192 g/mol. The number of carbonyl (C=O) groups excluding carboxylic acids is 1. The molecule has 3 N–H and O–H groups in total. The van der Waals surface area contributed by atoms with E-state index < -0.39 is 0 Å². The first-order valence-corrected chi connectivity index (χ1v) is 5.33. The summed E-state index contributed by atoms with van der Waals surface area (Å²) in [4.78, 5) is 11.6. The number of hydrogen-bond acceptors (Lipinski definition) is 3. The van der Waals surface area contributed by atoms with Gasteiger partial charge < -0.3 is 15.8 Å². The summed E-state index contributed by atoms with van der Waals surface area (Å²) in [5.74, 6) is 0.218. The Kier molecular flexibility index (Phi) is 7.72. The van der Waals surface area contributed by atoms with Crippen LogP contribution in [0.25, 0.3) is 0 Å². The van der Waals surface area contributed by atoms with Gasteiger partial charge >= 0.3 is 0 Å². The van der Waals surface area contributed by atoms with Crippen LogP contribution in [0.15, 0.2) is 12.8 Å². The summed E-state index contributed by atoms with van der Waals surface area (Å²) in [7, 11) is 0.